The van der Waals surface area contributed by atoms with Crippen LogP contribution in [0.2, 0.25) is 0 Å². The fourth-order valence-electron chi connectivity index (χ4n) is 2.02. The fourth-order valence-corrected chi connectivity index (χ4v) is 2.02. The van der Waals surface area contributed by atoms with Crippen molar-refractivity contribution in [2.75, 3.05) is 13.1 Å². The third-order valence-corrected chi connectivity index (χ3v) is 2.84. The van der Waals surface area contributed by atoms with Crippen molar-refractivity contribution in [3.63, 3.8) is 0 Å². The second-order valence-corrected chi connectivity index (χ2v) is 4.01. The number of benzene rings is 1. The largest absolute Gasteiger partial charge is 0.265 e. The Morgan fingerprint density at radius 3 is 2.71 bits per heavy atom. The maximum Gasteiger partial charge on any atom is 0.144 e. The van der Waals surface area contributed by atoms with Gasteiger partial charge in [0.2, 0.25) is 0 Å². The van der Waals surface area contributed by atoms with Gasteiger partial charge in [-0.15, -0.1) is 12.4 Å². The van der Waals surface area contributed by atoms with Gasteiger partial charge in [-0.2, -0.15) is 5.10 Å². The molecule has 17 heavy (non-hydrogen) atoms. The van der Waals surface area contributed by atoms with Crippen molar-refractivity contribution in [1.29, 1.82) is 0 Å². The molecule has 4 heteroatoms. The monoisotopic (exact) mass is 247 g/mol. The number of aliphatic imine (C=N–C) groups is 1. The Bertz CT molecular complexity index is 503. The van der Waals surface area contributed by atoms with Crippen LogP contribution in [-0.4, -0.2) is 29.6 Å². The summed E-state index contributed by atoms with van der Waals surface area (Å²) in [6, 6.07) is 10.3. The molecule has 88 valence electrons. The van der Waals surface area contributed by atoms with Crippen molar-refractivity contribution in [1.82, 2.24) is 5.01 Å². The zero-order chi connectivity index (χ0) is 11.0. The molecule has 2 heterocycles. The van der Waals surface area contributed by atoms with Crippen LogP contribution in [-0.2, 0) is 0 Å². The lowest BCUT2D eigenvalue weighted by atomic mass is 10.0. The Morgan fingerprint density at radius 1 is 1.18 bits per heavy atom. The molecule has 1 aromatic carbocycles. The quantitative estimate of drug-likeness (QED) is 0.749. The van der Waals surface area contributed by atoms with E-state index in [1.165, 1.54) is 11.1 Å². The van der Waals surface area contributed by atoms with E-state index in [0.717, 1.165) is 24.6 Å². The van der Waals surface area contributed by atoms with Crippen LogP contribution >= 0.6 is 12.4 Å². The van der Waals surface area contributed by atoms with Crippen LogP contribution < -0.4 is 0 Å². The number of allylic oxidation sites excluding steroid dienone is 1. The summed E-state index contributed by atoms with van der Waals surface area (Å²) in [7, 11) is 0. The van der Waals surface area contributed by atoms with Crippen LogP contribution in [0, 0.1) is 0 Å². The minimum atomic E-state index is 0. The molecule has 3 rings (SSSR count). The summed E-state index contributed by atoms with van der Waals surface area (Å²) >= 11 is 0. The third-order valence-electron chi connectivity index (χ3n) is 2.84. The molecule has 0 bridgehead atoms. The summed E-state index contributed by atoms with van der Waals surface area (Å²) in [6.07, 6.45) is 2.11. The highest BCUT2D eigenvalue weighted by atomic mass is 35.5. The predicted octanol–water partition coefficient (Wildman–Crippen LogP) is 2.49. The molecule has 0 saturated heterocycles. The first kappa shape index (κ1) is 11.9. The molecule has 2 aliphatic heterocycles. The number of hydrazone groups is 1. The molecule has 1 aromatic rings. The van der Waals surface area contributed by atoms with E-state index in [-0.39, 0.29) is 12.4 Å². The summed E-state index contributed by atoms with van der Waals surface area (Å²) in [4.78, 5) is 4.40. The number of fused-ring (bicyclic) bond motifs is 1. The summed E-state index contributed by atoms with van der Waals surface area (Å²) in [5.41, 5.74) is 3.41. The molecule has 0 aliphatic carbocycles. The number of halogens is 1. The lowest BCUT2D eigenvalue weighted by Crippen LogP contribution is -2.27. The second kappa shape index (κ2) is 4.72. The van der Waals surface area contributed by atoms with E-state index < -0.39 is 0 Å². The molecule has 0 fully saturated rings. The van der Waals surface area contributed by atoms with Gasteiger partial charge < -0.3 is 0 Å². The highest BCUT2D eigenvalue weighted by Crippen LogP contribution is 2.18. The summed E-state index contributed by atoms with van der Waals surface area (Å²) in [6.45, 7) is 3.84. The SMILES string of the molecule is CC1=CC2=NCCN2N=C1c1ccccc1.Cl. The molecule has 0 aromatic heterocycles. The molecule has 3 nitrogen and oxygen atoms in total. The summed E-state index contributed by atoms with van der Waals surface area (Å²) in [5.74, 6) is 0.997. The summed E-state index contributed by atoms with van der Waals surface area (Å²) < 4.78 is 0. The van der Waals surface area contributed by atoms with Gasteiger partial charge in [0.05, 0.1) is 18.8 Å². The molecule has 0 N–H and O–H groups in total. The smallest absolute Gasteiger partial charge is 0.144 e. The zero-order valence-electron chi connectivity index (χ0n) is 9.63. The van der Waals surface area contributed by atoms with Gasteiger partial charge in [-0.05, 0) is 18.6 Å². The number of rotatable bonds is 1. The molecule has 0 unspecified atom stereocenters. The van der Waals surface area contributed by atoms with Crippen molar-refractivity contribution < 1.29 is 0 Å². The normalized spacial score (nSPS) is 17.7. The van der Waals surface area contributed by atoms with Crippen LogP contribution in [0.25, 0.3) is 0 Å². The highest BCUT2D eigenvalue weighted by molar-refractivity contribution is 6.17. The number of amidine groups is 1. The Balaban J connectivity index is 0.00000108. The molecular weight excluding hydrogens is 234 g/mol. The van der Waals surface area contributed by atoms with Gasteiger partial charge in [0, 0.05) is 5.56 Å². The van der Waals surface area contributed by atoms with Crippen molar-refractivity contribution in [3.8, 4) is 0 Å². The zero-order valence-corrected chi connectivity index (χ0v) is 10.4. The van der Waals surface area contributed by atoms with Crippen molar-refractivity contribution >= 4 is 24.0 Å². The van der Waals surface area contributed by atoms with Gasteiger partial charge in [-0.25, -0.2) is 5.01 Å². The number of hydrogen-bond donors (Lipinski definition) is 0. The standard InChI is InChI=1S/C13H13N3.ClH/c1-10-9-12-14-7-8-16(12)15-13(10)11-5-3-2-4-6-11;/h2-6,9H,7-8H2,1H3;1H. The fraction of sp³-hybridized carbons (Fsp3) is 0.231. The maximum absolute atomic E-state index is 4.65. The lowest BCUT2D eigenvalue weighted by Gasteiger charge is -2.20. The van der Waals surface area contributed by atoms with Gasteiger partial charge in [-0.3, -0.25) is 4.99 Å². The second-order valence-electron chi connectivity index (χ2n) is 4.01. The first-order chi connectivity index (χ1) is 7.84. The molecule has 0 saturated carbocycles. The van der Waals surface area contributed by atoms with Crippen LogP contribution in [0.15, 0.2) is 52.1 Å². The van der Waals surface area contributed by atoms with Crippen LogP contribution in [0.4, 0.5) is 0 Å². The van der Waals surface area contributed by atoms with Gasteiger partial charge >= 0.3 is 0 Å². The summed E-state index contributed by atoms with van der Waals surface area (Å²) in [5, 5.41) is 6.63. The van der Waals surface area contributed by atoms with Crippen LogP contribution in [0.1, 0.15) is 12.5 Å². The highest BCUT2D eigenvalue weighted by Gasteiger charge is 2.21. The van der Waals surface area contributed by atoms with E-state index in [1.54, 1.807) is 0 Å². The molecular formula is C13H14ClN3. The van der Waals surface area contributed by atoms with Crippen molar-refractivity contribution in [2.24, 2.45) is 10.1 Å². The van der Waals surface area contributed by atoms with E-state index >= 15 is 0 Å². The Kier molecular flexibility index (Phi) is 3.29. The van der Waals surface area contributed by atoms with Gasteiger partial charge in [0.25, 0.3) is 0 Å². The topological polar surface area (TPSA) is 28.0 Å². The van der Waals surface area contributed by atoms with E-state index in [2.05, 4.69) is 35.2 Å². The van der Waals surface area contributed by atoms with Crippen LogP contribution in [0.5, 0.6) is 0 Å². The molecule has 0 amide bonds. The maximum atomic E-state index is 4.65. The minimum absolute atomic E-state index is 0. The number of hydrogen-bond acceptors (Lipinski definition) is 3. The minimum Gasteiger partial charge on any atom is -0.265 e. The molecule has 0 radical (unpaired) electrons. The van der Waals surface area contributed by atoms with Crippen molar-refractivity contribution in [2.45, 2.75) is 6.92 Å². The first-order valence-electron chi connectivity index (χ1n) is 5.49. The van der Waals surface area contributed by atoms with E-state index in [1.807, 2.05) is 23.2 Å². The van der Waals surface area contributed by atoms with Crippen LogP contribution in [0.3, 0.4) is 0 Å². The van der Waals surface area contributed by atoms with E-state index in [4.69, 9.17) is 0 Å². The van der Waals surface area contributed by atoms with Gasteiger partial charge in [0.15, 0.2) is 0 Å². The average Bonchev–Trinajstić information content (AvgIpc) is 2.76. The Labute approximate surface area is 107 Å². The van der Waals surface area contributed by atoms with E-state index in [0.29, 0.717) is 0 Å². The molecule has 0 spiro atoms. The third kappa shape index (κ3) is 2.11. The lowest BCUT2D eigenvalue weighted by molar-refractivity contribution is 0.488. The van der Waals surface area contributed by atoms with Gasteiger partial charge in [0.1, 0.15) is 5.84 Å². The Morgan fingerprint density at radius 2 is 1.94 bits per heavy atom. The Hall–Kier alpha value is -1.61. The predicted molar refractivity (Wildman–Crippen MR) is 73.0 cm³/mol. The first-order valence-corrected chi connectivity index (χ1v) is 5.49. The van der Waals surface area contributed by atoms with Gasteiger partial charge in [-0.1, -0.05) is 30.3 Å². The molecule has 0 atom stereocenters. The number of nitrogens with zero attached hydrogens (tertiary/aromatic N) is 3. The molecule has 2 aliphatic rings. The average molecular weight is 248 g/mol. The van der Waals surface area contributed by atoms with E-state index in [9.17, 15) is 0 Å². The van der Waals surface area contributed by atoms with Crippen molar-refractivity contribution in [3.05, 3.63) is 47.5 Å².